The van der Waals surface area contributed by atoms with Crippen LogP contribution in [0, 0.1) is 6.92 Å². The molecule has 0 aromatic heterocycles. The highest BCUT2D eigenvalue weighted by molar-refractivity contribution is 5.40. The van der Waals surface area contributed by atoms with Crippen molar-refractivity contribution in [2.24, 2.45) is 0 Å². The lowest BCUT2D eigenvalue weighted by Crippen LogP contribution is -2.09. The topological polar surface area (TPSA) is 0 Å². The van der Waals surface area contributed by atoms with Crippen molar-refractivity contribution in [1.82, 2.24) is 0 Å². The fraction of sp³-hybridized carbons (Fsp3) is 0.385. The van der Waals surface area contributed by atoms with Crippen LogP contribution in [0.5, 0.6) is 0 Å². The fourth-order valence-corrected chi connectivity index (χ4v) is 2.11. The van der Waals surface area contributed by atoms with Gasteiger partial charge in [-0.05, 0) is 30.9 Å². The monoisotopic (exact) mass is 172 g/mol. The molecule has 0 aliphatic heterocycles. The number of aryl methyl sites for hydroxylation is 2. The summed E-state index contributed by atoms with van der Waals surface area (Å²) in [6.07, 6.45) is 2.35. The largest absolute Gasteiger partial charge is 0.0992 e. The number of allylic oxidation sites excluding steroid dienone is 1. The summed E-state index contributed by atoms with van der Waals surface area (Å²) in [5, 5.41) is 0. The average molecular weight is 172 g/mol. The second kappa shape index (κ2) is 3.02. The highest BCUT2D eigenvalue weighted by Gasteiger charge is 2.18. The Balaban J connectivity index is 2.49. The SMILES string of the molecule is C=C1CCc2cc(C)ccc2C1C. The normalized spacial score (nSPS) is 21.4. The third-order valence-corrected chi connectivity index (χ3v) is 3.09. The Morgan fingerprint density at radius 1 is 1.31 bits per heavy atom. The molecule has 0 saturated carbocycles. The molecule has 0 fully saturated rings. The maximum atomic E-state index is 4.12. The molecule has 0 heterocycles. The molecule has 68 valence electrons. The summed E-state index contributed by atoms with van der Waals surface area (Å²) in [5.74, 6) is 0.560. The predicted molar refractivity (Wildman–Crippen MR) is 57.1 cm³/mol. The van der Waals surface area contributed by atoms with E-state index in [1.807, 2.05) is 0 Å². The van der Waals surface area contributed by atoms with Crippen LogP contribution in [0.2, 0.25) is 0 Å². The zero-order valence-electron chi connectivity index (χ0n) is 8.43. The van der Waals surface area contributed by atoms with Crippen molar-refractivity contribution < 1.29 is 0 Å². The van der Waals surface area contributed by atoms with Gasteiger partial charge < -0.3 is 0 Å². The van der Waals surface area contributed by atoms with Crippen molar-refractivity contribution in [1.29, 1.82) is 0 Å². The van der Waals surface area contributed by atoms with E-state index in [4.69, 9.17) is 0 Å². The zero-order valence-corrected chi connectivity index (χ0v) is 8.43. The first kappa shape index (κ1) is 8.55. The van der Waals surface area contributed by atoms with Crippen LogP contribution in [0.4, 0.5) is 0 Å². The Hall–Kier alpha value is -1.04. The lowest BCUT2D eigenvalue weighted by molar-refractivity contribution is 0.740. The number of hydrogen-bond donors (Lipinski definition) is 0. The quantitative estimate of drug-likeness (QED) is 0.524. The van der Waals surface area contributed by atoms with Gasteiger partial charge in [0.05, 0.1) is 0 Å². The molecule has 1 unspecified atom stereocenters. The molecule has 2 rings (SSSR count). The van der Waals surface area contributed by atoms with Crippen LogP contribution in [0.3, 0.4) is 0 Å². The van der Waals surface area contributed by atoms with Crippen molar-refractivity contribution in [3.63, 3.8) is 0 Å². The Labute approximate surface area is 80.3 Å². The molecular weight excluding hydrogens is 156 g/mol. The number of rotatable bonds is 0. The van der Waals surface area contributed by atoms with Gasteiger partial charge >= 0.3 is 0 Å². The molecule has 0 N–H and O–H groups in total. The van der Waals surface area contributed by atoms with Gasteiger partial charge in [-0.2, -0.15) is 0 Å². The van der Waals surface area contributed by atoms with E-state index in [0.717, 1.165) is 6.42 Å². The molecular formula is C13H16. The van der Waals surface area contributed by atoms with Crippen LogP contribution in [-0.2, 0) is 6.42 Å². The molecule has 0 nitrogen and oxygen atoms in total. The van der Waals surface area contributed by atoms with Crippen molar-refractivity contribution in [2.45, 2.75) is 32.6 Å². The molecule has 0 amide bonds. The van der Waals surface area contributed by atoms with Gasteiger partial charge in [0.2, 0.25) is 0 Å². The van der Waals surface area contributed by atoms with Crippen LogP contribution < -0.4 is 0 Å². The predicted octanol–water partition coefficient (Wildman–Crippen LogP) is 3.60. The van der Waals surface area contributed by atoms with Crippen LogP contribution in [0.25, 0.3) is 0 Å². The zero-order chi connectivity index (χ0) is 9.42. The number of fused-ring (bicyclic) bond motifs is 1. The van der Waals surface area contributed by atoms with Gasteiger partial charge in [-0.15, -0.1) is 0 Å². The third kappa shape index (κ3) is 1.41. The lowest BCUT2D eigenvalue weighted by Gasteiger charge is -2.25. The summed E-state index contributed by atoms with van der Waals surface area (Å²) in [5.41, 5.74) is 5.77. The maximum Gasteiger partial charge on any atom is 0.00199 e. The molecule has 0 radical (unpaired) electrons. The summed E-state index contributed by atoms with van der Waals surface area (Å²) in [6, 6.07) is 6.78. The summed E-state index contributed by atoms with van der Waals surface area (Å²) in [6.45, 7) is 8.54. The first-order valence-electron chi connectivity index (χ1n) is 4.95. The Morgan fingerprint density at radius 2 is 2.08 bits per heavy atom. The van der Waals surface area contributed by atoms with Crippen LogP contribution in [-0.4, -0.2) is 0 Å². The second-order valence-corrected chi connectivity index (χ2v) is 4.08. The summed E-state index contributed by atoms with van der Waals surface area (Å²) in [4.78, 5) is 0. The van der Waals surface area contributed by atoms with Gasteiger partial charge in [-0.3, -0.25) is 0 Å². The molecule has 0 heteroatoms. The fourth-order valence-electron chi connectivity index (χ4n) is 2.11. The molecule has 1 aliphatic rings. The highest BCUT2D eigenvalue weighted by Crippen LogP contribution is 2.34. The maximum absolute atomic E-state index is 4.12. The van der Waals surface area contributed by atoms with Gasteiger partial charge in [-0.25, -0.2) is 0 Å². The lowest BCUT2D eigenvalue weighted by atomic mass is 9.80. The molecule has 1 aliphatic carbocycles. The van der Waals surface area contributed by atoms with E-state index in [1.54, 1.807) is 0 Å². The minimum atomic E-state index is 0.560. The molecule has 13 heavy (non-hydrogen) atoms. The van der Waals surface area contributed by atoms with Gasteiger partial charge in [0.15, 0.2) is 0 Å². The number of hydrogen-bond acceptors (Lipinski definition) is 0. The molecule has 1 atom stereocenters. The molecule has 0 spiro atoms. The molecule has 1 aromatic rings. The first-order valence-corrected chi connectivity index (χ1v) is 4.95. The van der Waals surface area contributed by atoms with Crippen LogP contribution >= 0.6 is 0 Å². The van der Waals surface area contributed by atoms with Crippen LogP contribution in [0.1, 0.15) is 36.0 Å². The number of benzene rings is 1. The van der Waals surface area contributed by atoms with Crippen LogP contribution in [0.15, 0.2) is 30.4 Å². The molecule has 0 saturated heterocycles. The smallest absolute Gasteiger partial charge is 0.00199 e. The highest BCUT2D eigenvalue weighted by atomic mass is 14.2. The average Bonchev–Trinajstić information content (AvgIpc) is 2.12. The standard InChI is InChI=1S/C13H16/c1-9-4-7-13-11(3)10(2)5-6-12(13)8-9/h4,7-8,11H,2,5-6H2,1,3H3. The van der Waals surface area contributed by atoms with Crippen molar-refractivity contribution in [2.75, 3.05) is 0 Å². The van der Waals surface area contributed by atoms with E-state index in [0.29, 0.717) is 5.92 Å². The van der Waals surface area contributed by atoms with Gasteiger partial charge in [0, 0.05) is 5.92 Å². The molecule has 0 bridgehead atoms. The van der Waals surface area contributed by atoms with E-state index in [-0.39, 0.29) is 0 Å². The van der Waals surface area contributed by atoms with E-state index < -0.39 is 0 Å². The third-order valence-electron chi connectivity index (χ3n) is 3.09. The summed E-state index contributed by atoms with van der Waals surface area (Å²) < 4.78 is 0. The minimum Gasteiger partial charge on any atom is -0.0992 e. The molecule has 1 aromatic carbocycles. The van der Waals surface area contributed by atoms with Crippen molar-refractivity contribution in [3.8, 4) is 0 Å². The van der Waals surface area contributed by atoms with E-state index in [2.05, 4.69) is 38.6 Å². The Bertz CT molecular complexity index is 347. The first-order chi connectivity index (χ1) is 6.18. The van der Waals surface area contributed by atoms with E-state index in [9.17, 15) is 0 Å². The van der Waals surface area contributed by atoms with Gasteiger partial charge in [0.25, 0.3) is 0 Å². The van der Waals surface area contributed by atoms with Gasteiger partial charge in [-0.1, -0.05) is 42.8 Å². The minimum absolute atomic E-state index is 0.560. The summed E-state index contributed by atoms with van der Waals surface area (Å²) >= 11 is 0. The van der Waals surface area contributed by atoms with E-state index in [1.165, 1.54) is 28.7 Å². The van der Waals surface area contributed by atoms with Crippen molar-refractivity contribution in [3.05, 3.63) is 47.0 Å². The van der Waals surface area contributed by atoms with E-state index >= 15 is 0 Å². The summed E-state index contributed by atoms with van der Waals surface area (Å²) in [7, 11) is 0. The Morgan fingerprint density at radius 3 is 2.85 bits per heavy atom. The van der Waals surface area contributed by atoms with Gasteiger partial charge in [0.1, 0.15) is 0 Å². The Kier molecular flexibility index (Phi) is 1.99. The second-order valence-electron chi connectivity index (χ2n) is 4.08. The van der Waals surface area contributed by atoms with Crippen molar-refractivity contribution >= 4 is 0 Å².